The topological polar surface area (TPSA) is 68.7 Å². The molecule has 0 aliphatic heterocycles. The van der Waals surface area contributed by atoms with Crippen molar-refractivity contribution in [2.45, 2.75) is 33.2 Å². The Morgan fingerprint density at radius 3 is 2.60 bits per heavy atom. The fourth-order valence-corrected chi connectivity index (χ4v) is 2.09. The summed E-state index contributed by atoms with van der Waals surface area (Å²) < 4.78 is 0. The van der Waals surface area contributed by atoms with E-state index in [0.717, 1.165) is 27.2 Å². The number of hydrogen-bond donors (Lipinski definition) is 2. The van der Waals surface area contributed by atoms with Crippen molar-refractivity contribution in [2.24, 2.45) is 5.10 Å². The average Bonchev–Trinajstić information content (AvgIpc) is 2.64. The van der Waals surface area contributed by atoms with Crippen molar-refractivity contribution in [1.82, 2.24) is 9.99 Å². The van der Waals surface area contributed by atoms with Gasteiger partial charge in [-0.3, -0.25) is 0 Å². The van der Waals surface area contributed by atoms with Crippen molar-refractivity contribution in [3.8, 4) is 0 Å². The van der Waals surface area contributed by atoms with Gasteiger partial charge in [0, 0.05) is 22.2 Å². The predicted molar refractivity (Wildman–Crippen MR) is 80.2 cm³/mol. The Bertz CT molecular complexity index is 665. The Labute approximate surface area is 117 Å². The van der Waals surface area contributed by atoms with E-state index in [-0.39, 0.29) is 0 Å². The molecule has 20 heavy (non-hydrogen) atoms. The highest BCUT2D eigenvalue weighted by Gasteiger charge is 2.25. The number of hydrazone groups is 1. The molecule has 0 aliphatic rings. The smallest absolute Gasteiger partial charge is 0.428 e. The first-order chi connectivity index (χ1) is 9.30. The van der Waals surface area contributed by atoms with E-state index < -0.39 is 11.6 Å². The zero-order chi connectivity index (χ0) is 14.9. The lowest BCUT2D eigenvalue weighted by Gasteiger charge is -2.27. The third kappa shape index (κ3) is 2.66. The standard InChI is InChI=1S/C15H19N3O2/c1-10-12(11-7-5-6-8-13(11)17-10)9-16-18(14(19)20)15(2,3)4/h5-9,17H,1-4H3,(H,19,20). The van der Waals surface area contributed by atoms with E-state index in [4.69, 9.17) is 0 Å². The van der Waals surface area contributed by atoms with Gasteiger partial charge < -0.3 is 10.1 Å². The summed E-state index contributed by atoms with van der Waals surface area (Å²) >= 11 is 0. The molecule has 0 saturated carbocycles. The molecule has 1 aromatic heterocycles. The van der Waals surface area contributed by atoms with Gasteiger partial charge in [-0.1, -0.05) is 18.2 Å². The molecule has 2 N–H and O–H groups in total. The molecule has 106 valence electrons. The number of H-pyrrole nitrogens is 1. The number of rotatable bonds is 2. The van der Waals surface area contributed by atoms with Gasteiger partial charge in [0.1, 0.15) is 0 Å². The summed E-state index contributed by atoms with van der Waals surface area (Å²) in [7, 11) is 0. The summed E-state index contributed by atoms with van der Waals surface area (Å²) in [4.78, 5) is 14.5. The maximum Gasteiger partial charge on any atom is 0.428 e. The van der Waals surface area contributed by atoms with Crippen molar-refractivity contribution in [3.05, 3.63) is 35.5 Å². The van der Waals surface area contributed by atoms with Crippen LogP contribution in [-0.2, 0) is 0 Å². The number of nitrogens with one attached hydrogen (secondary N) is 1. The van der Waals surface area contributed by atoms with Crippen LogP contribution < -0.4 is 0 Å². The van der Waals surface area contributed by atoms with Crippen molar-refractivity contribution in [3.63, 3.8) is 0 Å². The molecule has 0 bridgehead atoms. The Morgan fingerprint density at radius 2 is 2.00 bits per heavy atom. The molecule has 1 amide bonds. The second kappa shape index (κ2) is 5.00. The Morgan fingerprint density at radius 1 is 1.35 bits per heavy atom. The quantitative estimate of drug-likeness (QED) is 0.648. The number of aromatic nitrogens is 1. The van der Waals surface area contributed by atoms with Crippen LogP contribution in [0.25, 0.3) is 10.9 Å². The van der Waals surface area contributed by atoms with Crippen molar-refractivity contribution in [2.75, 3.05) is 0 Å². The molecule has 0 spiro atoms. The molecule has 2 rings (SSSR count). The van der Waals surface area contributed by atoms with Gasteiger partial charge in [-0.2, -0.15) is 10.1 Å². The highest BCUT2D eigenvalue weighted by Crippen LogP contribution is 2.21. The summed E-state index contributed by atoms with van der Waals surface area (Å²) in [6, 6.07) is 7.88. The molecular formula is C15H19N3O2. The van der Waals surface area contributed by atoms with Crippen molar-refractivity contribution >= 4 is 23.2 Å². The number of aromatic amines is 1. The van der Waals surface area contributed by atoms with Crippen LogP contribution in [0, 0.1) is 6.92 Å². The number of carboxylic acid groups (broad SMARTS) is 1. The van der Waals surface area contributed by atoms with Crippen LogP contribution in [-0.4, -0.2) is 32.9 Å². The van der Waals surface area contributed by atoms with Crippen LogP contribution in [0.15, 0.2) is 29.4 Å². The Kier molecular flexibility index (Phi) is 3.53. The van der Waals surface area contributed by atoms with Gasteiger partial charge >= 0.3 is 6.09 Å². The van der Waals surface area contributed by atoms with Crippen LogP contribution >= 0.6 is 0 Å². The summed E-state index contributed by atoms with van der Waals surface area (Å²) in [5, 5.41) is 15.5. The number of para-hydroxylation sites is 1. The number of carbonyl (C=O) groups is 1. The van der Waals surface area contributed by atoms with E-state index in [9.17, 15) is 9.90 Å². The summed E-state index contributed by atoms with van der Waals surface area (Å²) in [5.41, 5.74) is 2.32. The highest BCUT2D eigenvalue weighted by molar-refractivity contribution is 6.00. The van der Waals surface area contributed by atoms with Gasteiger partial charge in [0.05, 0.1) is 11.8 Å². The molecule has 5 nitrogen and oxygen atoms in total. The normalized spacial score (nSPS) is 12.2. The van der Waals surface area contributed by atoms with Gasteiger partial charge in [0.25, 0.3) is 0 Å². The van der Waals surface area contributed by atoms with Crippen LogP contribution in [0.2, 0.25) is 0 Å². The van der Waals surface area contributed by atoms with E-state index in [2.05, 4.69) is 10.1 Å². The summed E-state index contributed by atoms with van der Waals surface area (Å²) in [5.74, 6) is 0. The molecule has 5 heteroatoms. The first kappa shape index (κ1) is 14.1. The number of hydrogen-bond acceptors (Lipinski definition) is 2. The first-order valence-electron chi connectivity index (χ1n) is 6.45. The second-order valence-corrected chi connectivity index (χ2v) is 5.72. The number of nitrogens with zero attached hydrogens (tertiary/aromatic N) is 2. The lowest BCUT2D eigenvalue weighted by atomic mass is 10.1. The number of benzene rings is 1. The van der Waals surface area contributed by atoms with Crippen molar-refractivity contribution < 1.29 is 9.90 Å². The van der Waals surface area contributed by atoms with Gasteiger partial charge in [-0.05, 0) is 33.8 Å². The van der Waals surface area contributed by atoms with E-state index in [1.165, 1.54) is 0 Å². The van der Waals surface area contributed by atoms with E-state index in [1.807, 2.05) is 31.2 Å². The molecule has 0 atom stereocenters. The summed E-state index contributed by atoms with van der Waals surface area (Å²) in [6.07, 6.45) is 0.541. The molecule has 1 aromatic carbocycles. The molecule has 0 radical (unpaired) electrons. The zero-order valence-corrected chi connectivity index (χ0v) is 12.1. The molecule has 1 heterocycles. The lowest BCUT2D eigenvalue weighted by molar-refractivity contribution is 0.103. The van der Waals surface area contributed by atoms with Crippen LogP contribution in [0.5, 0.6) is 0 Å². The number of aryl methyl sites for hydroxylation is 1. The Balaban J connectivity index is 2.43. The summed E-state index contributed by atoms with van der Waals surface area (Å²) in [6.45, 7) is 7.37. The second-order valence-electron chi connectivity index (χ2n) is 5.72. The SMILES string of the molecule is Cc1[nH]c2ccccc2c1C=NN(C(=O)O)C(C)(C)C. The predicted octanol–water partition coefficient (Wildman–Crippen LogP) is 3.59. The van der Waals surface area contributed by atoms with E-state index >= 15 is 0 Å². The van der Waals surface area contributed by atoms with E-state index in [1.54, 1.807) is 27.0 Å². The lowest BCUT2D eigenvalue weighted by Crippen LogP contribution is -2.41. The zero-order valence-electron chi connectivity index (χ0n) is 12.1. The van der Waals surface area contributed by atoms with Crippen LogP contribution in [0.1, 0.15) is 32.0 Å². The van der Waals surface area contributed by atoms with E-state index in [0.29, 0.717) is 0 Å². The Hall–Kier alpha value is -2.30. The van der Waals surface area contributed by atoms with Crippen LogP contribution in [0.3, 0.4) is 0 Å². The first-order valence-corrected chi connectivity index (χ1v) is 6.45. The largest absolute Gasteiger partial charge is 0.464 e. The molecule has 0 aliphatic carbocycles. The maximum absolute atomic E-state index is 11.3. The molecule has 0 unspecified atom stereocenters. The molecule has 0 saturated heterocycles. The van der Waals surface area contributed by atoms with Gasteiger partial charge in [0.2, 0.25) is 0 Å². The van der Waals surface area contributed by atoms with Gasteiger partial charge in [0.15, 0.2) is 0 Å². The molecular weight excluding hydrogens is 254 g/mol. The van der Waals surface area contributed by atoms with Gasteiger partial charge in [-0.25, -0.2) is 4.79 Å². The monoisotopic (exact) mass is 273 g/mol. The minimum absolute atomic E-state index is 0.581. The fraction of sp³-hybridized carbons (Fsp3) is 0.333. The average molecular weight is 273 g/mol. The van der Waals surface area contributed by atoms with Crippen molar-refractivity contribution in [1.29, 1.82) is 0 Å². The minimum atomic E-state index is -1.06. The molecule has 2 aromatic rings. The number of fused-ring (bicyclic) bond motifs is 1. The number of amides is 1. The highest BCUT2D eigenvalue weighted by atomic mass is 16.4. The third-order valence-electron chi connectivity index (χ3n) is 3.06. The van der Waals surface area contributed by atoms with Gasteiger partial charge in [-0.15, -0.1) is 0 Å². The maximum atomic E-state index is 11.3. The van der Waals surface area contributed by atoms with Crippen LogP contribution in [0.4, 0.5) is 4.79 Å². The third-order valence-corrected chi connectivity index (χ3v) is 3.06. The fourth-order valence-electron chi connectivity index (χ4n) is 2.09. The minimum Gasteiger partial charge on any atom is -0.464 e. The molecule has 0 fully saturated rings.